The van der Waals surface area contributed by atoms with Gasteiger partial charge < -0.3 is 10.4 Å². The molecule has 2 N–H and O–H groups in total. The molecule has 5 nitrogen and oxygen atoms in total. The van der Waals surface area contributed by atoms with Gasteiger partial charge in [-0.3, -0.25) is 4.90 Å². The molecule has 1 rings (SSSR count). The SMILES string of the molecule is CCCCN(C(=O)N[C@H](C(=O)O)C(C)C)c1ccccc1. The van der Waals surface area contributed by atoms with Crippen molar-refractivity contribution in [2.75, 3.05) is 11.4 Å². The number of aliphatic carboxylic acids is 1. The molecule has 116 valence electrons. The number of nitrogens with one attached hydrogen (secondary N) is 1. The summed E-state index contributed by atoms with van der Waals surface area (Å²) < 4.78 is 0. The minimum atomic E-state index is -1.01. The Morgan fingerprint density at radius 3 is 2.33 bits per heavy atom. The lowest BCUT2D eigenvalue weighted by molar-refractivity contribution is -0.140. The van der Waals surface area contributed by atoms with Crippen LogP contribution in [0.5, 0.6) is 0 Å². The molecule has 0 unspecified atom stereocenters. The molecule has 5 heteroatoms. The topological polar surface area (TPSA) is 69.6 Å². The first-order valence-corrected chi connectivity index (χ1v) is 7.33. The normalized spacial score (nSPS) is 12.0. The van der Waals surface area contributed by atoms with Crippen molar-refractivity contribution in [2.45, 2.75) is 39.7 Å². The van der Waals surface area contributed by atoms with Gasteiger partial charge in [-0.2, -0.15) is 0 Å². The summed E-state index contributed by atoms with van der Waals surface area (Å²) in [6, 6.07) is 8.05. The van der Waals surface area contributed by atoms with Gasteiger partial charge in [0.1, 0.15) is 6.04 Å². The number of hydrogen-bond donors (Lipinski definition) is 2. The van der Waals surface area contributed by atoms with Crippen LogP contribution in [0, 0.1) is 5.92 Å². The second-order valence-electron chi connectivity index (χ2n) is 5.35. The maximum atomic E-state index is 12.4. The van der Waals surface area contributed by atoms with Crippen LogP contribution in [0.15, 0.2) is 30.3 Å². The number of hydrogen-bond acceptors (Lipinski definition) is 2. The Hall–Kier alpha value is -2.04. The van der Waals surface area contributed by atoms with Crippen molar-refractivity contribution in [3.63, 3.8) is 0 Å². The lowest BCUT2D eigenvalue weighted by Gasteiger charge is -2.26. The molecular formula is C16H24N2O3. The molecule has 0 aliphatic heterocycles. The average Bonchev–Trinajstić information content (AvgIpc) is 2.45. The molecule has 0 aliphatic carbocycles. The number of rotatable bonds is 7. The molecule has 2 amide bonds. The van der Waals surface area contributed by atoms with E-state index < -0.39 is 12.0 Å². The van der Waals surface area contributed by atoms with Crippen LogP contribution in [-0.2, 0) is 4.79 Å². The van der Waals surface area contributed by atoms with E-state index in [0.717, 1.165) is 18.5 Å². The summed E-state index contributed by atoms with van der Waals surface area (Å²) in [5.41, 5.74) is 0.774. The predicted octanol–water partition coefficient (Wildman–Crippen LogP) is 3.11. The van der Waals surface area contributed by atoms with Crippen molar-refractivity contribution in [1.82, 2.24) is 5.32 Å². The van der Waals surface area contributed by atoms with Gasteiger partial charge in [-0.25, -0.2) is 9.59 Å². The molecule has 1 aromatic rings. The van der Waals surface area contributed by atoms with Gasteiger partial charge in [-0.05, 0) is 24.5 Å². The molecule has 0 bridgehead atoms. The lowest BCUT2D eigenvalue weighted by Crippen LogP contribution is -2.50. The van der Waals surface area contributed by atoms with Gasteiger partial charge in [0.05, 0.1) is 0 Å². The first-order chi connectivity index (χ1) is 9.97. The number of nitrogens with zero attached hydrogens (tertiary/aromatic N) is 1. The van der Waals surface area contributed by atoms with Gasteiger partial charge in [0.25, 0.3) is 0 Å². The first kappa shape index (κ1) is 17.0. The summed E-state index contributed by atoms with van der Waals surface area (Å²) in [4.78, 5) is 25.2. The standard InChI is InChI=1S/C16H24N2O3/c1-4-5-11-18(13-9-7-6-8-10-13)16(21)17-14(12(2)3)15(19)20/h6-10,12,14H,4-5,11H2,1-3H3,(H,17,21)(H,19,20)/t14-/m0/s1. The van der Waals surface area contributed by atoms with E-state index >= 15 is 0 Å². The fourth-order valence-corrected chi connectivity index (χ4v) is 2.00. The van der Waals surface area contributed by atoms with Gasteiger partial charge in [0.2, 0.25) is 0 Å². The Morgan fingerprint density at radius 2 is 1.86 bits per heavy atom. The largest absolute Gasteiger partial charge is 0.480 e. The highest BCUT2D eigenvalue weighted by Crippen LogP contribution is 2.15. The number of carbonyl (C=O) groups is 2. The van der Waals surface area contributed by atoms with E-state index in [9.17, 15) is 14.7 Å². The van der Waals surface area contributed by atoms with Crippen LogP contribution in [0.3, 0.4) is 0 Å². The second kappa shape index (κ2) is 8.29. The van der Waals surface area contributed by atoms with E-state index in [2.05, 4.69) is 12.2 Å². The number of urea groups is 1. The molecule has 0 spiro atoms. The van der Waals surface area contributed by atoms with Crippen LogP contribution in [0.1, 0.15) is 33.6 Å². The van der Waals surface area contributed by atoms with E-state index in [-0.39, 0.29) is 11.9 Å². The summed E-state index contributed by atoms with van der Waals surface area (Å²) in [6.07, 6.45) is 1.82. The Kier molecular flexibility index (Phi) is 6.72. The Morgan fingerprint density at radius 1 is 1.24 bits per heavy atom. The van der Waals surface area contributed by atoms with Crippen molar-refractivity contribution in [1.29, 1.82) is 0 Å². The van der Waals surface area contributed by atoms with Crippen molar-refractivity contribution >= 4 is 17.7 Å². The fourth-order valence-electron chi connectivity index (χ4n) is 2.00. The zero-order valence-electron chi connectivity index (χ0n) is 12.9. The van der Waals surface area contributed by atoms with Gasteiger partial charge in [-0.1, -0.05) is 45.4 Å². The summed E-state index contributed by atoms with van der Waals surface area (Å²) in [7, 11) is 0. The van der Waals surface area contributed by atoms with Gasteiger partial charge in [-0.15, -0.1) is 0 Å². The van der Waals surface area contributed by atoms with Gasteiger partial charge in [0.15, 0.2) is 0 Å². The molecule has 1 atom stereocenters. The molecular weight excluding hydrogens is 268 g/mol. The van der Waals surface area contributed by atoms with Gasteiger partial charge >= 0.3 is 12.0 Å². The van der Waals surface area contributed by atoms with Gasteiger partial charge in [0, 0.05) is 12.2 Å². The lowest BCUT2D eigenvalue weighted by atomic mass is 10.1. The number of carboxylic acid groups (broad SMARTS) is 1. The number of carboxylic acids is 1. The molecule has 0 fully saturated rings. The highest BCUT2D eigenvalue weighted by atomic mass is 16.4. The number of carbonyl (C=O) groups excluding carboxylic acids is 1. The van der Waals surface area contributed by atoms with Crippen LogP contribution in [0.2, 0.25) is 0 Å². The molecule has 0 saturated heterocycles. The number of para-hydroxylation sites is 1. The maximum Gasteiger partial charge on any atom is 0.326 e. The molecule has 21 heavy (non-hydrogen) atoms. The highest BCUT2D eigenvalue weighted by molar-refractivity contribution is 5.94. The Labute approximate surface area is 126 Å². The van der Waals surface area contributed by atoms with Crippen LogP contribution in [0.4, 0.5) is 10.5 Å². The minimum absolute atomic E-state index is 0.171. The van der Waals surface area contributed by atoms with Crippen LogP contribution in [-0.4, -0.2) is 29.7 Å². The van der Waals surface area contributed by atoms with Crippen LogP contribution in [0.25, 0.3) is 0 Å². The van der Waals surface area contributed by atoms with Crippen molar-refractivity contribution in [2.24, 2.45) is 5.92 Å². The number of unbranched alkanes of at least 4 members (excludes halogenated alkanes) is 1. The van der Waals surface area contributed by atoms with E-state index in [1.807, 2.05) is 30.3 Å². The smallest absolute Gasteiger partial charge is 0.326 e. The van der Waals surface area contributed by atoms with Crippen LogP contribution < -0.4 is 10.2 Å². The monoisotopic (exact) mass is 292 g/mol. The van der Waals surface area contributed by atoms with E-state index in [1.54, 1.807) is 18.7 Å². The van der Waals surface area contributed by atoms with Crippen molar-refractivity contribution < 1.29 is 14.7 Å². The zero-order chi connectivity index (χ0) is 15.8. The number of benzene rings is 1. The quantitative estimate of drug-likeness (QED) is 0.811. The summed E-state index contributed by atoms with van der Waals surface area (Å²) >= 11 is 0. The molecule has 0 heterocycles. The van der Waals surface area contributed by atoms with E-state index in [0.29, 0.717) is 6.54 Å². The summed E-state index contributed by atoms with van der Waals surface area (Å²) in [6.45, 7) is 6.17. The Bertz CT molecular complexity index is 460. The van der Waals surface area contributed by atoms with Crippen LogP contribution >= 0.6 is 0 Å². The minimum Gasteiger partial charge on any atom is -0.480 e. The molecule has 0 aromatic heterocycles. The molecule has 0 saturated carbocycles. The van der Waals surface area contributed by atoms with E-state index in [1.165, 1.54) is 0 Å². The molecule has 0 aliphatic rings. The third-order valence-corrected chi connectivity index (χ3v) is 3.26. The zero-order valence-corrected chi connectivity index (χ0v) is 12.9. The predicted molar refractivity (Wildman–Crippen MR) is 83.5 cm³/mol. The first-order valence-electron chi connectivity index (χ1n) is 7.33. The summed E-state index contributed by atoms with van der Waals surface area (Å²) in [5, 5.41) is 11.8. The molecule has 1 aromatic carbocycles. The van der Waals surface area contributed by atoms with E-state index in [4.69, 9.17) is 0 Å². The fraction of sp³-hybridized carbons (Fsp3) is 0.500. The third kappa shape index (κ3) is 5.10. The average molecular weight is 292 g/mol. The highest BCUT2D eigenvalue weighted by Gasteiger charge is 2.26. The second-order valence-corrected chi connectivity index (χ2v) is 5.35. The number of anilines is 1. The van der Waals surface area contributed by atoms with Crippen molar-refractivity contribution in [3.05, 3.63) is 30.3 Å². The molecule has 0 radical (unpaired) electrons. The number of amides is 2. The Balaban J connectivity index is 2.87. The summed E-state index contributed by atoms with van der Waals surface area (Å²) in [5.74, 6) is -1.18. The maximum absolute atomic E-state index is 12.4. The third-order valence-electron chi connectivity index (χ3n) is 3.26. The van der Waals surface area contributed by atoms with Crippen molar-refractivity contribution in [3.8, 4) is 0 Å².